The van der Waals surface area contributed by atoms with Gasteiger partial charge < -0.3 is 15.3 Å². The monoisotopic (exact) mass is 871 g/mol. The number of nitrogens with one attached hydrogen (secondary N) is 3. The molecule has 9 rings (SSSR count). The average Bonchev–Trinajstić information content (AvgIpc) is 4.17. The minimum absolute atomic E-state index is 0.0546. The van der Waals surface area contributed by atoms with Crippen molar-refractivity contribution in [2.75, 3.05) is 11.1 Å². The van der Waals surface area contributed by atoms with Crippen molar-refractivity contribution in [2.24, 2.45) is 0 Å². The van der Waals surface area contributed by atoms with Crippen LogP contribution in [0.15, 0.2) is 121 Å². The Morgan fingerprint density at radius 3 is 1.08 bits per heavy atom. The van der Waals surface area contributed by atoms with Crippen molar-refractivity contribution in [3.05, 3.63) is 161 Å². The number of thiol groups is 1. The third-order valence-electron chi connectivity index (χ3n) is 12.5. The van der Waals surface area contributed by atoms with Gasteiger partial charge in [0.15, 0.2) is 0 Å². The van der Waals surface area contributed by atoms with Gasteiger partial charge in [0, 0.05) is 56.4 Å². The molecule has 0 saturated carbocycles. The maximum Gasteiger partial charge on any atom is 0.224 e. The van der Waals surface area contributed by atoms with E-state index < -0.39 is 0 Å². The number of anilines is 1. The van der Waals surface area contributed by atoms with E-state index in [-0.39, 0.29) is 5.91 Å². The van der Waals surface area contributed by atoms with Crippen molar-refractivity contribution in [1.29, 1.82) is 0 Å². The first-order valence-corrected chi connectivity index (χ1v) is 23.8. The smallest absolute Gasteiger partial charge is 0.224 e. The lowest BCUT2D eigenvalue weighted by molar-refractivity contribution is -0.116. The van der Waals surface area contributed by atoms with E-state index in [1.807, 2.05) is 12.1 Å². The standard InChI is InChI=1S/C58H57N5OS/c1-38-13-19-41(20-14-38)55-46-29-31-48(60-46)56(42-21-15-39(2)16-22-42)50-33-35-52(62-50)58(44-25-27-45(28-26-44)59-54(64)12-10-8-6-4-5-7-9-11-37-65)53-36-34-51(63-53)57(49-32-30-47(55)61-49)43-23-17-40(3)18-24-43/h13-36,60,63,65H,4-12,37H2,1-3H3,(H,59,64). The highest BCUT2D eigenvalue weighted by Crippen LogP contribution is 2.39. The summed E-state index contributed by atoms with van der Waals surface area (Å²) in [5.41, 5.74) is 19.9. The van der Waals surface area contributed by atoms with Gasteiger partial charge in [0.2, 0.25) is 5.91 Å². The Morgan fingerprint density at radius 1 is 0.431 bits per heavy atom. The molecule has 65 heavy (non-hydrogen) atoms. The van der Waals surface area contributed by atoms with Crippen molar-refractivity contribution >= 4 is 70.6 Å². The number of aromatic amines is 2. The number of fused-ring (bicyclic) bond motifs is 8. The van der Waals surface area contributed by atoms with Crippen molar-refractivity contribution in [3.63, 3.8) is 0 Å². The number of unbranched alkanes of at least 4 members (excludes halogenated alkanes) is 7. The summed E-state index contributed by atoms with van der Waals surface area (Å²) in [6.45, 7) is 6.35. The molecule has 7 heteroatoms. The van der Waals surface area contributed by atoms with E-state index in [1.54, 1.807) is 0 Å². The number of aromatic nitrogens is 4. The highest BCUT2D eigenvalue weighted by atomic mass is 32.1. The first-order valence-electron chi connectivity index (χ1n) is 23.2. The van der Waals surface area contributed by atoms with Crippen LogP contribution >= 0.6 is 12.6 Å². The number of carbonyl (C=O) groups is 1. The summed E-state index contributed by atoms with van der Waals surface area (Å²) in [6, 6.07) is 42.9. The number of nitrogens with zero attached hydrogens (tertiary/aromatic N) is 2. The van der Waals surface area contributed by atoms with Gasteiger partial charge in [-0.2, -0.15) is 12.6 Å². The Kier molecular flexibility index (Phi) is 13.4. The Balaban J connectivity index is 1.19. The summed E-state index contributed by atoms with van der Waals surface area (Å²) in [5, 5.41) is 3.15. The molecule has 1 amide bonds. The maximum atomic E-state index is 13.1. The summed E-state index contributed by atoms with van der Waals surface area (Å²) in [4.78, 5) is 31.7. The lowest BCUT2D eigenvalue weighted by Gasteiger charge is -2.09. The molecular weight excluding hydrogens is 815 g/mol. The Bertz CT molecular complexity index is 3000. The van der Waals surface area contributed by atoms with E-state index in [0.29, 0.717) is 6.42 Å². The van der Waals surface area contributed by atoms with Crippen LogP contribution < -0.4 is 5.32 Å². The number of hydrogen-bond acceptors (Lipinski definition) is 4. The van der Waals surface area contributed by atoms with Gasteiger partial charge in [-0.15, -0.1) is 0 Å². The van der Waals surface area contributed by atoms with E-state index in [2.05, 4.69) is 182 Å². The normalized spacial score (nSPS) is 11.9. The molecule has 0 saturated heterocycles. The second-order valence-electron chi connectivity index (χ2n) is 17.5. The molecule has 8 bridgehead atoms. The molecule has 0 aliphatic carbocycles. The van der Waals surface area contributed by atoms with Crippen LogP contribution in [0.25, 0.3) is 90.9 Å². The van der Waals surface area contributed by atoms with Crippen LogP contribution in [-0.2, 0) is 4.79 Å². The van der Waals surface area contributed by atoms with Gasteiger partial charge >= 0.3 is 0 Å². The van der Waals surface area contributed by atoms with Gasteiger partial charge in [-0.05, 0) is 122 Å². The third kappa shape index (κ3) is 10.0. The molecule has 0 spiro atoms. The second kappa shape index (κ2) is 20.0. The molecule has 0 atom stereocenters. The van der Waals surface area contributed by atoms with Gasteiger partial charge in [-0.3, -0.25) is 4.79 Å². The molecule has 2 aliphatic heterocycles. The molecule has 6 nitrogen and oxygen atoms in total. The van der Waals surface area contributed by atoms with Crippen molar-refractivity contribution < 1.29 is 4.79 Å². The number of amides is 1. The van der Waals surface area contributed by atoms with Crippen LogP contribution in [0.3, 0.4) is 0 Å². The number of carbonyl (C=O) groups excluding carboxylic acids is 1. The third-order valence-corrected chi connectivity index (χ3v) is 12.9. The molecule has 5 heterocycles. The molecule has 2 aliphatic rings. The molecule has 0 fully saturated rings. The zero-order valence-electron chi connectivity index (χ0n) is 37.7. The average molecular weight is 872 g/mol. The second-order valence-corrected chi connectivity index (χ2v) is 18.0. The molecule has 3 aromatic heterocycles. The topological polar surface area (TPSA) is 86.5 Å². The van der Waals surface area contributed by atoms with Gasteiger partial charge in [-0.25, -0.2) is 9.97 Å². The first-order chi connectivity index (χ1) is 31.8. The van der Waals surface area contributed by atoms with Gasteiger partial charge in [0.1, 0.15) is 0 Å². The van der Waals surface area contributed by atoms with Gasteiger partial charge in [0.05, 0.1) is 22.8 Å². The minimum atomic E-state index is 0.0546. The fourth-order valence-electron chi connectivity index (χ4n) is 8.98. The molecule has 7 aromatic rings. The number of benzene rings is 4. The van der Waals surface area contributed by atoms with Crippen LogP contribution in [0, 0.1) is 20.8 Å². The zero-order chi connectivity index (χ0) is 44.7. The highest BCUT2D eigenvalue weighted by molar-refractivity contribution is 7.80. The van der Waals surface area contributed by atoms with Crippen molar-refractivity contribution in [1.82, 2.24) is 19.9 Å². The van der Waals surface area contributed by atoms with Crippen LogP contribution in [0.1, 0.15) is 97.3 Å². The molecule has 0 unspecified atom stereocenters. The molecule has 326 valence electrons. The van der Waals surface area contributed by atoms with Crippen LogP contribution in [0.2, 0.25) is 0 Å². The van der Waals surface area contributed by atoms with Crippen molar-refractivity contribution in [3.8, 4) is 44.5 Å². The quantitative estimate of drug-likeness (QED) is 0.0611. The summed E-state index contributed by atoms with van der Waals surface area (Å²) >= 11 is 4.31. The first kappa shape index (κ1) is 43.5. The Labute approximate surface area is 388 Å². The van der Waals surface area contributed by atoms with E-state index in [1.165, 1.54) is 55.2 Å². The Hall–Kier alpha value is -6.70. The number of hydrogen-bond donors (Lipinski definition) is 4. The summed E-state index contributed by atoms with van der Waals surface area (Å²) in [5.74, 6) is 1.03. The van der Waals surface area contributed by atoms with Crippen LogP contribution in [-0.4, -0.2) is 31.6 Å². The van der Waals surface area contributed by atoms with E-state index >= 15 is 0 Å². The maximum absolute atomic E-state index is 13.1. The zero-order valence-corrected chi connectivity index (χ0v) is 38.6. The van der Waals surface area contributed by atoms with Gasteiger partial charge in [0.25, 0.3) is 0 Å². The molecule has 4 aromatic carbocycles. The summed E-state index contributed by atoms with van der Waals surface area (Å²) in [7, 11) is 0. The van der Waals surface area contributed by atoms with E-state index in [0.717, 1.165) is 114 Å². The summed E-state index contributed by atoms with van der Waals surface area (Å²) < 4.78 is 0. The lowest BCUT2D eigenvalue weighted by atomic mass is 10.0. The fourth-order valence-corrected chi connectivity index (χ4v) is 9.21. The van der Waals surface area contributed by atoms with Crippen LogP contribution in [0.5, 0.6) is 0 Å². The van der Waals surface area contributed by atoms with Crippen molar-refractivity contribution in [2.45, 2.75) is 78.6 Å². The highest BCUT2D eigenvalue weighted by Gasteiger charge is 2.19. The molecular formula is C58H57N5OS. The minimum Gasteiger partial charge on any atom is -0.354 e. The number of aryl methyl sites for hydroxylation is 3. The number of H-pyrrole nitrogens is 2. The summed E-state index contributed by atoms with van der Waals surface area (Å²) in [6.07, 6.45) is 18.5. The molecule has 0 radical (unpaired) electrons. The predicted octanol–water partition coefficient (Wildman–Crippen LogP) is 15.6. The fraction of sp³-hybridized carbons (Fsp3) is 0.224. The van der Waals surface area contributed by atoms with Gasteiger partial charge in [-0.1, -0.05) is 140 Å². The Morgan fingerprint density at radius 2 is 0.738 bits per heavy atom. The number of rotatable bonds is 15. The van der Waals surface area contributed by atoms with E-state index in [9.17, 15) is 4.79 Å². The lowest BCUT2D eigenvalue weighted by Crippen LogP contribution is -2.10. The largest absolute Gasteiger partial charge is 0.354 e. The molecule has 3 N–H and O–H groups in total. The van der Waals surface area contributed by atoms with Crippen LogP contribution in [0.4, 0.5) is 5.69 Å². The van der Waals surface area contributed by atoms with E-state index in [4.69, 9.17) is 9.97 Å². The SMILES string of the molecule is Cc1ccc(-c2c3nc(c(-c4ccc(C)cc4)c4ccc([nH]4)c(-c4ccc(NC(=O)CCCCCCCCCCS)cc4)c4nc(c(-c5ccc(C)cc5)c5ccc2[nH]5)C=C4)C=C3)cc1. The predicted molar refractivity (Wildman–Crippen MR) is 279 cm³/mol.